The maximum Gasteiger partial charge on any atom is 0.252 e. The molecule has 0 aromatic carbocycles. The molecule has 1 N–H and O–H groups in total. The Kier molecular flexibility index (Phi) is 5.63. The van der Waals surface area contributed by atoms with E-state index >= 15 is 0 Å². The normalized spacial score (nSPS) is 15.9. The van der Waals surface area contributed by atoms with Crippen molar-refractivity contribution in [2.45, 2.75) is 26.2 Å². The van der Waals surface area contributed by atoms with Gasteiger partial charge in [0.15, 0.2) is 0 Å². The number of hydrogen-bond donors (Lipinski definition) is 1. The van der Waals surface area contributed by atoms with E-state index in [0.717, 1.165) is 43.1 Å². The lowest BCUT2D eigenvalue weighted by Gasteiger charge is -2.31. The minimum atomic E-state index is 0.00701. The number of piperidine rings is 1. The summed E-state index contributed by atoms with van der Waals surface area (Å²) >= 11 is 0. The molecule has 3 heterocycles. The fourth-order valence-corrected chi connectivity index (χ4v) is 3.42. The van der Waals surface area contributed by atoms with Gasteiger partial charge in [-0.2, -0.15) is 0 Å². The van der Waals surface area contributed by atoms with Crippen LogP contribution < -0.4 is 10.2 Å². The van der Waals surface area contributed by atoms with Gasteiger partial charge in [-0.15, -0.1) is 0 Å². The topological polar surface area (TPSA) is 40.0 Å². The molecule has 5 heteroatoms. The second kappa shape index (κ2) is 7.91. The van der Waals surface area contributed by atoms with E-state index in [9.17, 15) is 4.79 Å². The number of aromatic nitrogens is 1. The minimum Gasteiger partial charge on any atom is -0.358 e. The summed E-state index contributed by atoms with van der Waals surface area (Å²) in [5.41, 5.74) is 1.86. The summed E-state index contributed by atoms with van der Waals surface area (Å²) in [6.07, 6.45) is 5.41. The zero-order valence-corrected chi connectivity index (χ0v) is 15.7. The molecule has 0 bridgehead atoms. The highest BCUT2D eigenvalue weighted by molar-refractivity contribution is 5.94. The van der Waals surface area contributed by atoms with Crippen LogP contribution in [0.1, 0.15) is 36.5 Å². The highest BCUT2D eigenvalue weighted by Gasteiger charge is 2.18. The average molecular weight is 342 g/mol. The van der Waals surface area contributed by atoms with Crippen molar-refractivity contribution >= 4 is 17.2 Å². The molecular weight excluding hydrogens is 312 g/mol. The fraction of sp³-hybridized carbons (Fsp3) is 0.550. The van der Waals surface area contributed by atoms with Crippen LogP contribution in [0.4, 0.5) is 5.82 Å². The first kappa shape index (κ1) is 17.8. The van der Waals surface area contributed by atoms with Crippen LogP contribution in [0.5, 0.6) is 0 Å². The Morgan fingerprint density at radius 2 is 1.92 bits per heavy atom. The van der Waals surface area contributed by atoms with Gasteiger partial charge in [-0.25, -0.2) is 0 Å². The number of rotatable bonds is 6. The maximum atomic E-state index is 12.4. The molecule has 1 aliphatic rings. The first-order valence-electron chi connectivity index (χ1n) is 9.33. The van der Waals surface area contributed by atoms with Crippen molar-refractivity contribution in [3.63, 3.8) is 0 Å². The fourth-order valence-electron chi connectivity index (χ4n) is 3.42. The number of carbonyl (C=O) groups excluding carboxylic acids is 1. The van der Waals surface area contributed by atoms with Gasteiger partial charge < -0.3 is 19.5 Å². The third kappa shape index (κ3) is 4.34. The van der Waals surface area contributed by atoms with Crippen LogP contribution in [0.3, 0.4) is 0 Å². The Labute approximate surface area is 150 Å². The highest BCUT2D eigenvalue weighted by atomic mass is 16.1. The van der Waals surface area contributed by atoms with E-state index in [1.807, 2.05) is 32.4 Å². The summed E-state index contributed by atoms with van der Waals surface area (Å²) in [5.74, 6) is 2.02. The number of fused-ring (bicyclic) bond motifs is 1. The standard InChI is InChI=1S/C20H30N4O/c1-16-9-13-23(14-10-16)19-8-7-18-6-5-17(15-24(18)19)20(25)21-11-4-12-22(2)3/h5-8,15-16H,4,9-14H2,1-3H3,(H,21,25). The van der Waals surface area contributed by atoms with Gasteiger partial charge in [-0.3, -0.25) is 4.79 Å². The molecule has 5 nitrogen and oxygen atoms in total. The largest absolute Gasteiger partial charge is 0.358 e. The van der Waals surface area contributed by atoms with Gasteiger partial charge in [-0.1, -0.05) is 6.92 Å². The molecule has 0 unspecified atom stereocenters. The molecule has 136 valence electrons. The molecule has 1 fully saturated rings. The molecule has 0 spiro atoms. The maximum absolute atomic E-state index is 12.4. The minimum absolute atomic E-state index is 0.00701. The van der Waals surface area contributed by atoms with Gasteiger partial charge in [0, 0.05) is 31.3 Å². The third-order valence-electron chi connectivity index (χ3n) is 5.07. The smallest absolute Gasteiger partial charge is 0.252 e. The van der Waals surface area contributed by atoms with Gasteiger partial charge in [0.05, 0.1) is 5.56 Å². The zero-order chi connectivity index (χ0) is 17.8. The van der Waals surface area contributed by atoms with Crippen LogP contribution in [-0.4, -0.2) is 55.5 Å². The number of anilines is 1. The predicted molar refractivity (Wildman–Crippen MR) is 104 cm³/mol. The Morgan fingerprint density at radius 1 is 1.20 bits per heavy atom. The van der Waals surface area contributed by atoms with E-state index in [-0.39, 0.29) is 5.91 Å². The summed E-state index contributed by atoms with van der Waals surface area (Å²) in [4.78, 5) is 17.0. The van der Waals surface area contributed by atoms with E-state index in [1.54, 1.807) is 0 Å². The Morgan fingerprint density at radius 3 is 2.64 bits per heavy atom. The van der Waals surface area contributed by atoms with E-state index in [1.165, 1.54) is 18.7 Å². The Bertz CT molecular complexity index is 714. The van der Waals surface area contributed by atoms with Crippen LogP contribution in [0.15, 0.2) is 30.5 Å². The van der Waals surface area contributed by atoms with Crippen molar-refractivity contribution < 1.29 is 4.79 Å². The van der Waals surface area contributed by atoms with Gasteiger partial charge in [-0.05, 0) is 70.1 Å². The molecule has 2 aromatic heterocycles. The molecule has 0 aliphatic carbocycles. The molecule has 25 heavy (non-hydrogen) atoms. The van der Waals surface area contributed by atoms with E-state index in [4.69, 9.17) is 0 Å². The van der Waals surface area contributed by atoms with Crippen molar-refractivity contribution in [2.75, 3.05) is 45.2 Å². The molecule has 0 radical (unpaired) electrons. The van der Waals surface area contributed by atoms with E-state index < -0.39 is 0 Å². The summed E-state index contributed by atoms with van der Waals surface area (Å²) in [6, 6.07) is 8.25. The SMILES string of the molecule is CC1CCN(c2ccc3ccc(C(=O)NCCCN(C)C)cn23)CC1. The Hall–Kier alpha value is -2.01. The van der Waals surface area contributed by atoms with Gasteiger partial charge >= 0.3 is 0 Å². The molecule has 3 rings (SSSR count). The van der Waals surface area contributed by atoms with Crippen LogP contribution in [0, 0.1) is 5.92 Å². The first-order chi connectivity index (χ1) is 12.0. The second-order valence-electron chi connectivity index (χ2n) is 7.49. The molecule has 1 aliphatic heterocycles. The lowest BCUT2D eigenvalue weighted by molar-refractivity contribution is 0.0952. The van der Waals surface area contributed by atoms with Crippen LogP contribution in [0.2, 0.25) is 0 Å². The number of amides is 1. The Balaban J connectivity index is 1.70. The summed E-state index contributed by atoms with van der Waals surface area (Å²) in [6.45, 7) is 6.20. The average Bonchev–Trinajstić information content (AvgIpc) is 3.02. The monoisotopic (exact) mass is 342 g/mol. The predicted octanol–water partition coefficient (Wildman–Crippen LogP) is 2.86. The molecular formula is C20H30N4O. The van der Waals surface area contributed by atoms with Crippen LogP contribution >= 0.6 is 0 Å². The molecule has 1 amide bonds. The summed E-state index contributed by atoms with van der Waals surface area (Å²) in [5, 5.41) is 3.02. The number of pyridine rings is 1. The van der Waals surface area contributed by atoms with Gasteiger partial charge in [0.2, 0.25) is 0 Å². The number of nitrogens with one attached hydrogen (secondary N) is 1. The van der Waals surface area contributed by atoms with Crippen molar-refractivity contribution in [1.82, 2.24) is 14.6 Å². The van der Waals surface area contributed by atoms with Gasteiger partial charge in [0.25, 0.3) is 5.91 Å². The highest BCUT2D eigenvalue weighted by Crippen LogP contribution is 2.25. The molecule has 1 saturated heterocycles. The lowest BCUT2D eigenvalue weighted by atomic mass is 9.99. The second-order valence-corrected chi connectivity index (χ2v) is 7.49. The zero-order valence-electron chi connectivity index (χ0n) is 15.7. The molecule has 0 atom stereocenters. The van der Waals surface area contributed by atoms with Crippen molar-refractivity contribution in [3.8, 4) is 0 Å². The summed E-state index contributed by atoms with van der Waals surface area (Å²) in [7, 11) is 4.09. The van der Waals surface area contributed by atoms with Crippen molar-refractivity contribution in [2.24, 2.45) is 5.92 Å². The van der Waals surface area contributed by atoms with Crippen molar-refractivity contribution in [1.29, 1.82) is 0 Å². The lowest BCUT2D eigenvalue weighted by Crippen LogP contribution is -2.33. The first-order valence-corrected chi connectivity index (χ1v) is 9.33. The van der Waals surface area contributed by atoms with Crippen LogP contribution in [-0.2, 0) is 0 Å². The van der Waals surface area contributed by atoms with Crippen molar-refractivity contribution in [3.05, 3.63) is 36.0 Å². The number of nitrogens with zero attached hydrogens (tertiary/aromatic N) is 3. The number of carbonyl (C=O) groups is 1. The molecule has 2 aromatic rings. The van der Waals surface area contributed by atoms with E-state index in [2.05, 4.69) is 38.6 Å². The third-order valence-corrected chi connectivity index (χ3v) is 5.07. The quantitative estimate of drug-likeness (QED) is 0.821. The summed E-state index contributed by atoms with van der Waals surface area (Å²) < 4.78 is 2.16. The van der Waals surface area contributed by atoms with Gasteiger partial charge in [0.1, 0.15) is 5.82 Å². The molecule has 0 saturated carbocycles. The van der Waals surface area contributed by atoms with Crippen LogP contribution in [0.25, 0.3) is 5.52 Å². The number of hydrogen-bond acceptors (Lipinski definition) is 3. The van der Waals surface area contributed by atoms with E-state index in [0.29, 0.717) is 6.54 Å².